The number of aromatic nitrogens is 1. The summed E-state index contributed by atoms with van der Waals surface area (Å²) >= 11 is 0. The molecule has 22 heavy (non-hydrogen) atoms. The first-order valence-electron chi connectivity index (χ1n) is 6.58. The lowest BCUT2D eigenvalue weighted by Gasteiger charge is -2.19. The Labute approximate surface area is 126 Å². The van der Waals surface area contributed by atoms with E-state index in [0.29, 0.717) is 17.4 Å². The summed E-state index contributed by atoms with van der Waals surface area (Å²) in [7, 11) is -2.87. The minimum Gasteiger partial charge on any atom is -0.504 e. The first-order chi connectivity index (χ1) is 10.4. The van der Waals surface area contributed by atoms with Crippen molar-refractivity contribution in [2.45, 2.75) is 18.4 Å². The second kappa shape index (κ2) is 4.77. The van der Waals surface area contributed by atoms with Crippen LogP contribution >= 0.6 is 0 Å². The Balaban J connectivity index is 2.49. The lowest BCUT2D eigenvalue weighted by Crippen LogP contribution is -2.33. The maximum Gasteiger partial charge on any atom is 0.359 e. The number of nitrogens with one attached hydrogen (secondary N) is 1. The minimum atomic E-state index is -3.98. The van der Waals surface area contributed by atoms with Gasteiger partial charge in [0, 0.05) is 17.4 Å². The highest BCUT2D eigenvalue weighted by Crippen LogP contribution is 2.37. The van der Waals surface area contributed by atoms with Gasteiger partial charge in [-0.3, -0.25) is 4.72 Å². The fraction of sp³-hybridized carbons (Fsp3) is 0.214. The number of nitrogens with zero attached hydrogens (tertiary/aromatic N) is 1. The van der Waals surface area contributed by atoms with E-state index in [9.17, 15) is 18.3 Å². The number of ether oxygens (including phenoxy) is 1. The number of aliphatic hydroxyl groups is 1. The van der Waals surface area contributed by atoms with Crippen molar-refractivity contribution in [1.29, 1.82) is 0 Å². The van der Waals surface area contributed by atoms with Gasteiger partial charge in [-0.2, -0.15) is 0 Å². The van der Waals surface area contributed by atoms with E-state index in [1.54, 1.807) is 28.8 Å². The lowest BCUT2D eigenvalue weighted by molar-refractivity contribution is -0.136. The maximum atomic E-state index is 12.5. The number of rotatable bonds is 2. The molecular weight excluding hydrogens is 308 g/mol. The molecule has 2 aromatic rings. The minimum absolute atomic E-state index is 0.0323. The molecule has 0 atom stereocenters. The molecule has 2 N–H and O–H groups in total. The molecule has 0 bridgehead atoms. The van der Waals surface area contributed by atoms with Crippen LogP contribution in [0.3, 0.4) is 0 Å². The maximum absolute atomic E-state index is 12.5. The standard InChI is InChI=1S/C14H14N2O5S/c1-3-16-9-7-5-4-6-8(9)13-11(16)12(17)10(14(18)21-2)15-22(13,19)20/h4-7,15,17H,3H2,1-2H3. The molecule has 8 heteroatoms. The number of aliphatic hydroxyl groups excluding tert-OH is 1. The molecule has 1 aromatic carbocycles. The van der Waals surface area contributed by atoms with Gasteiger partial charge < -0.3 is 14.4 Å². The number of aryl methyl sites for hydroxylation is 1. The molecule has 3 rings (SSSR count). The van der Waals surface area contributed by atoms with Gasteiger partial charge in [-0.25, -0.2) is 13.2 Å². The predicted molar refractivity (Wildman–Crippen MR) is 79.5 cm³/mol. The fourth-order valence-corrected chi connectivity index (χ4v) is 4.17. The second-order valence-electron chi connectivity index (χ2n) is 4.76. The summed E-state index contributed by atoms with van der Waals surface area (Å²) in [4.78, 5) is 11.7. The van der Waals surface area contributed by atoms with Crippen molar-refractivity contribution in [1.82, 2.24) is 9.29 Å². The highest BCUT2D eigenvalue weighted by atomic mass is 32.2. The molecule has 1 aromatic heterocycles. The van der Waals surface area contributed by atoms with Gasteiger partial charge >= 0.3 is 5.97 Å². The van der Waals surface area contributed by atoms with Crippen LogP contribution in [0.15, 0.2) is 34.9 Å². The summed E-state index contributed by atoms with van der Waals surface area (Å²) in [5.41, 5.74) is 0.286. The van der Waals surface area contributed by atoms with E-state index < -0.39 is 27.4 Å². The number of hydrogen-bond donors (Lipinski definition) is 2. The number of carbonyl (C=O) groups excluding carboxylic acids is 1. The highest BCUT2D eigenvalue weighted by molar-refractivity contribution is 7.90. The first kappa shape index (κ1) is 14.5. The van der Waals surface area contributed by atoms with E-state index in [-0.39, 0.29) is 10.6 Å². The molecule has 0 amide bonds. The summed E-state index contributed by atoms with van der Waals surface area (Å²) in [6.45, 7) is 2.26. The molecule has 0 radical (unpaired) electrons. The van der Waals surface area contributed by atoms with Crippen molar-refractivity contribution in [3.05, 3.63) is 35.7 Å². The largest absolute Gasteiger partial charge is 0.504 e. The Morgan fingerprint density at radius 3 is 2.68 bits per heavy atom. The van der Waals surface area contributed by atoms with Crippen LogP contribution < -0.4 is 4.72 Å². The summed E-state index contributed by atoms with van der Waals surface area (Å²) in [5.74, 6) is -1.38. The van der Waals surface area contributed by atoms with Crippen molar-refractivity contribution in [2.75, 3.05) is 7.11 Å². The van der Waals surface area contributed by atoms with E-state index in [0.717, 1.165) is 7.11 Å². The normalized spacial score (nSPS) is 16.3. The highest BCUT2D eigenvalue weighted by Gasteiger charge is 2.38. The number of esters is 1. The molecule has 1 aliphatic rings. The zero-order valence-corrected chi connectivity index (χ0v) is 12.8. The molecule has 116 valence electrons. The van der Waals surface area contributed by atoms with Gasteiger partial charge in [0.1, 0.15) is 10.6 Å². The fourth-order valence-electron chi connectivity index (χ4n) is 2.70. The molecule has 0 fully saturated rings. The van der Waals surface area contributed by atoms with Gasteiger partial charge in [0.25, 0.3) is 10.0 Å². The van der Waals surface area contributed by atoms with Crippen molar-refractivity contribution in [2.24, 2.45) is 0 Å². The molecule has 0 aliphatic carbocycles. The topological polar surface area (TPSA) is 97.6 Å². The Morgan fingerprint density at radius 2 is 2.05 bits per heavy atom. The third-order valence-electron chi connectivity index (χ3n) is 3.60. The number of fused-ring (bicyclic) bond motifs is 3. The van der Waals surface area contributed by atoms with Crippen LogP contribution in [0.5, 0.6) is 0 Å². The number of methoxy groups -OCH3 is 1. The first-order valence-corrected chi connectivity index (χ1v) is 8.06. The summed E-state index contributed by atoms with van der Waals surface area (Å²) in [5, 5.41) is 10.9. The zero-order chi connectivity index (χ0) is 16.1. The van der Waals surface area contributed by atoms with Crippen molar-refractivity contribution < 1.29 is 23.1 Å². The number of para-hydroxylation sites is 1. The summed E-state index contributed by atoms with van der Waals surface area (Å²) in [6.07, 6.45) is 0. The average molecular weight is 322 g/mol. The second-order valence-corrected chi connectivity index (χ2v) is 6.38. The van der Waals surface area contributed by atoms with Gasteiger partial charge in [-0.05, 0) is 13.0 Å². The molecule has 1 aliphatic heterocycles. The number of benzene rings is 1. The molecule has 0 saturated heterocycles. The number of hydrogen-bond acceptors (Lipinski definition) is 5. The predicted octanol–water partition coefficient (Wildman–Crippen LogP) is 1.35. The Hall–Kier alpha value is -2.48. The lowest BCUT2D eigenvalue weighted by atomic mass is 10.2. The van der Waals surface area contributed by atoms with Gasteiger partial charge in [-0.15, -0.1) is 0 Å². The van der Waals surface area contributed by atoms with Gasteiger partial charge in [-0.1, -0.05) is 18.2 Å². The Morgan fingerprint density at radius 1 is 1.36 bits per heavy atom. The van der Waals surface area contributed by atoms with Crippen LogP contribution in [0.2, 0.25) is 0 Å². The van der Waals surface area contributed by atoms with Crippen molar-refractivity contribution in [3.8, 4) is 0 Å². The smallest absolute Gasteiger partial charge is 0.359 e. The molecule has 2 heterocycles. The summed E-state index contributed by atoms with van der Waals surface area (Å²) in [6, 6.07) is 6.92. The van der Waals surface area contributed by atoms with E-state index in [1.165, 1.54) is 0 Å². The van der Waals surface area contributed by atoms with Crippen LogP contribution in [0.4, 0.5) is 0 Å². The van der Waals surface area contributed by atoms with Crippen LogP contribution in [-0.4, -0.2) is 31.2 Å². The zero-order valence-electron chi connectivity index (χ0n) is 12.0. The van der Waals surface area contributed by atoms with E-state index in [4.69, 9.17) is 0 Å². The van der Waals surface area contributed by atoms with E-state index >= 15 is 0 Å². The molecule has 0 spiro atoms. The van der Waals surface area contributed by atoms with Gasteiger partial charge in [0.2, 0.25) is 0 Å². The van der Waals surface area contributed by atoms with Crippen LogP contribution in [0.25, 0.3) is 16.7 Å². The van der Waals surface area contributed by atoms with E-state index in [1.807, 2.05) is 6.92 Å². The summed E-state index contributed by atoms with van der Waals surface area (Å²) < 4.78 is 33.3. The molecule has 0 unspecified atom stereocenters. The van der Waals surface area contributed by atoms with Gasteiger partial charge in [0.15, 0.2) is 11.5 Å². The average Bonchev–Trinajstić information content (AvgIpc) is 2.85. The third-order valence-corrected chi connectivity index (χ3v) is 5.02. The quantitative estimate of drug-likeness (QED) is 0.814. The van der Waals surface area contributed by atoms with Crippen LogP contribution in [-0.2, 0) is 26.1 Å². The van der Waals surface area contributed by atoms with Gasteiger partial charge in [0.05, 0.1) is 7.11 Å². The van der Waals surface area contributed by atoms with Crippen LogP contribution in [0.1, 0.15) is 12.6 Å². The molecule has 7 nitrogen and oxygen atoms in total. The Kier molecular flexibility index (Phi) is 3.13. The number of sulfonamides is 1. The van der Waals surface area contributed by atoms with E-state index in [2.05, 4.69) is 9.46 Å². The molecule has 0 saturated carbocycles. The van der Waals surface area contributed by atoms with Crippen molar-refractivity contribution in [3.63, 3.8) is 0 Å². The monoisotopic (exact) mass is 322 g/mol. The number of carbonyl (C=O) groups is 1. The third kappa shape index (κ3) is 1.80. The molecular formula is C14H14N2O5S. The Bertz CT molecular complexity index is 924. The van der Waals surface area contributed by atoms with Crippen molar-refractivity contribution >= 4 is 32.7 Å². The SMILES string of the molecule is CCn1c2c(c3ccccc31)S(=O)(=O)NC(C(=O)OC)=C2O. The van der Waals surface area contributed by atoms with Crippen LogP contribution in [0, 0.1) is 0 Å².